The minimum absolute atomic E-state index is 0.0665. The molecule has 0 spiro atoms. The molecule has 4 rings (SSSR count). The van der Waals surface area contributed by atoms with Crippen LogP contribution in [0.5, 0.6) is 0 Å². The molecule has 2 heteroatoms. The Bertz CT molecular complexity index is 666. The molecule has 4 saturated carbocycles. The van der Waals surface area contributed by atoms with Gasteiger partial charge < -0.3 is 9.84 Å². The standard InChI is InChI=1S/C29H48O2/c1-6-8-9-10-11-26(31-5)21-14-17-27(3)22(20-21)12-13-23-24(27)15-18-28(4)25(23)16-19-29(28,30)7-2/h2,21-26,30H,6,8-20H2,1,3-5H3/t21?,22-,23-,24+,25+,26+,27+,28+,29+/m1/s1. The number of aliphatic hydroxyl groups is 1. The first-order chi connectivity index (χ1) is 14.8. The maximum atomic E-state index is 11.2. The molecule has 4 aliphatic rings. The van der Waals surface area contributed by atoms with Gasteiger partial charge in [0.25, 0.3) is 0 Å². The number of fused-ring (bicyclic) bond motifs is 5. The Kier molecular flexibility index (Phi) is 6.88. The van der Waals surface area contributed by atoms with Crippen molar-refractivity contribution >= 4 is 0 Å². The van der Waals surface area contributed by atoms with Gasteiger partial charge in [-0.3, -0.25) is 0 Å². The lowest BCUT2D eigenvalue weighted by Crippen LogP contribution is -2.56. The summed E-state index contributed by atoms with van der Waals surface area (Å²) in [6.07, 6.45) is 24.1. The van der Waals surface area contributed by atoms with Gasteiger partial charge in [-0.25, -0.2) is 0 Å². The molecule has 9 atom stereocenters. The summed E-state index contributed by atoms with van der Waals surface area (Å²) in [5.41, 5.74) is -0.456. The Hall–Kier alpha value is -0.520. The Morgan fingerprint density at radius 2 is 1.77 bits per heavy atom. The normalized spacial score (nSPS) is 47.7. The van der Waals surface area contributed by atoms with E-state index in [0.717, 1.165) is 42.9 Å². The van der Waals surface area contributed by atoms with E-state index in [1.165, 1.54) is 70.6 Å². The van der Waals surface area contributed by atoms with Crippen LogP contribution < -0.4 is 0 Å². The molecule has 0 aromatic heterocycles. The number of terminal acetylenes is 1. The van der Waals surface area contributed by atoms with Crippen LogP contribution in [0.1, 0.15) is 111 Å². The van der Waals surface area contributed by atoms with E-state index in [1.54, 1.807) is 0 Å². The third kappa shape index (κ3) is 3.81. The highest BCUT2D eigenvalue weighted by atomic mass is 16.5. The van der Waals surface area contributed by atoms with Gasteiger partial charge in [0.1, 0.15) is 5.60 Å². The summed E-state index contributed by atoms with van der Waals surface area (Å²) < 4.78 is 6.05. The van der Waals surface area contributed by atoms with Crippen LogP contribution in [0.3, 0.4) is 0 Å². The van der Waals surface area contributed by atoms with Gasteiger partial charge in [0.15, 0.2) is 0 Å². The van der Waals surface area contributed by atoms with Crippen LogP contribution in [-0.4, -0.2) is 23.9 Å². The van der Waals surface area contributed by atoms with Crippen LogP contribution in [0.15, 0.2) is 0 Å². The first-order valence-corrected chi connectivity index (χ1v) is 13.6. The Morgan fingerprint density at radius 3 is 2.48 bits per heavy atom. The van der Waals surface area contributed by atoms with Crippen molar-refractivity contribution in [3.8, 4) is 12.3 Å². The van der Waals surface area contributed by atoms with Crippen molar-refractivity contribution in [2.24, 2.45) is 40.4 Å². The molecule has 0 saturated heterocycles. The number of methoxy groups -OCH3 is 1. The minimum Gasteiger partial charge on any atom is -0.381 e. The molecule has 1 N–H and O–H groups in total. The molecule has 0 bridgehead atoms. The second-order valence-corrected chi connectivity index (χ2v) is 12.3. The van der Waals surface area contributed by atoms with Crippen molar-refractivity contribution in [3.63, 3.8) is 0 Å². The third-order valence-corrected chi connectivity index (χ3v) is 11.3. The van der Waals surface area contributed by atoms with Gasteiger partial charge in [-0.05, 0) is 99.2 Å². The van der Waals surface area contributed by atoms with E-state index in [-0.39, 0.29) is 5.41 Å². The summed E-state index contributed by atoms with van der Waals surface area (Å²) in [6.45, 7) is 7.24. The highest BCUT2D eigenvalue weighted by Gasteiger charge is 2.64. The highest BCUT2D eigenvalue weighted by Crippen LogP contribution is 2.68. The summed E-state index contributed by atoms with van der Waals surface area (Å²) in [7, 11) is 1.95. The van der Waals surface area contributed by atoms with Crippen molar-refractivity contribution < 1.29 is 9.84 Å². The van der Waals surface area contributed by atoms with Crippen molar-refractivity contribution in [3.05, 3.63) is 0 Å². The molecule has 4 aliphatic carbocycles. The fraction of sp³-hybridized carbons (Fsp3) is 0.931. The quantitative estimate of drug-likeness (QED) is 0.349. The lowest BCUT2D eigenvalue weighted by molar-refractivity contribution is -0.145. The fourth-order valence-corrected chi connectivity index (χ4v) is 9.20. The average molecular weight is 429 g/mol. The number of rotatable bonds is 7. The lowest BCUT2D eigenvalue weighted by atomic mass is 9.44. The molecule has 176 valence electrons. The molecule has 0 aliphatic heterocycles. The van der Waals surface area contributed by atoms with Crippen LogP contribution in [0.2, 0.25) is 0 Å². The largest absolute Gasteiger partial charge is 0.381 e. The van der Waals surface area contributed by atoms with Gasteiger partial charge in [0.2, 0.25) is 0 Å². The molecule has 0 heterocycles. The monoisotopic (exact) mass is 428 g/mol. The van der Waals surface area contributed by atoms with Crippen molar-refractivity contribution in [1.82, 2.24) is 0 Å². The second-order valence-electron chi connectivity index (χ2n) is 12.3. The molecule has 31 heavy (non-hydrogen) atoms. The minimum atomic E-state index is -0.873. The molecular weight excluding hydrogens is 380 g/mol. The van der Waals surface area contributed by atoms with Gasteiger partial charge in [-0.1, -0.05) is 52.4 Å². The van der Waals surface area contributed by atoms with E-state index in [0.29, 0.717) is 17.4 Å². The number of unbranched alkanes of at least 4 members (excludes halogenated alkanes) is 3. The summed E-state index contributed by atoms with van der Waals surface area (Å²) >= 11 is 0. The van der Waals surface area contributed by atoms with Crippen molar-refractivity contribution in [2.75, 3.05) is 7.11 Å². The van der Waals surface area contributed by atoms with Crippen molar-refractivity contribution in [1.29, 1.82) is 0 Å². The molecule has 0 amide bonds. The number of ether oxygens (including phenoxy) is 1. The van der Waals surface area contributed by atoms with E-state index in [2.05, 4.69) is 26.7 Å². The molecule has 1 unspecified atom stereocenters. The predicted molar refractivity (Wildman–Crippen MR) is 129 cm³/mol. The van der Waals surface area contributed by atoms with Crippen LogP contribution >= 0.6 is 0 Å². The first kappa shape index (κ1) is 23.6. The summed E-state index contributed by atoms with van der Waals surface area (Å²) in [4.78, 5) is 0. The number of hydrogen-bond donors (Lipinski definition) is 1. The van der Waals surface area contributed by atoms with E-state index in [1.807, 2.05) is 7.11 Å². The maximum Gasteiger partial charge on any atom is 0.130 e. The van der Waals surface area contributed by atoms with E-state index < -0.39 is 5.60 Å². The molecule has 0 aromatic rings. The zero-order chi connectivity index (χ0) is 22.3. The molecule has 0 aromatic carbocycles. The highest BCUT2D eigenvalue weighted by molar-refractivity contribution is 5.23. The van der Waals surface area contributed by atoms with Crippen molar-refractivity contribution in [2.45, 2.75) is 122 Å². The zero-order valence-electron chi connectivity index (χ0n) is 20.8. The Labute approximate surface area is 192 Å². The third-order valence-electron chi connectivity index (χ3n) is 11.3. The first-order valence-electron chi connectivity index (χ1n) is 13.6. The topological polar surface area (TPSA) is 29.5 Å². The molecule has 0 radical (unpaired) electrons. The summed E-state index contributed by atoms with van der Waals surface area (Å²) in [6, 6.07) is 0. The van der Waals surface area contributed by atoms with Gasteiger partial charge in [-0.15, -0.1) is 6.42 Å². The van der Waals surface area contributed by atoms with Crippen LogP contribution in [0.25, 0.3) is 0 Å². The Morgan fingerprint density at radius 1 is 1.00 bits per heavy atom. The second kappa shape index (κ2) is 9.02. The molecule has 4 fully saturated rings. The average Bonchev–Trinajstić information content (AvgIpc) is 3.05. The zero-order valence-corrected chi connectivity index (χ0v) is 20.8. The molecular formula is C29H48O2. The van der Waals surface area contributed by atoms with Gasteiger partial charge in [0, 0.05) is 12.5 Å². The van der Waals surface area contributed by atoms with Gasteiger partial charge in [-0.2, -0.15) is 0 Å². The molecule has 2 nitrogen and oxygen atoms in total. The Balaban J connectivity index is 1.44. The van der Waals surface area contributed by atoms with Gasteiger partial charge >= 0.3 is 0 Å². The predicted octanol–water partition coefficient (Wildman–Crippen LogP) is 7.00. The summed E-state index contributed by atoms with van der Waals surface area (Å²) in [5, 5.41) is 11.2. The smallest absolute Gasteiger partial charge is 0.130 e. The van der Waals surface area contributed by atoms with E-state index in [4.69, 9.17) is 11.2 Å². The van der Waals surface area contributed by atoms with E-state index >= 15 is 0 Å². The maximum absolute atomic E-state index is 11.2. The van der Waals surface area contributed by atoms with E-state index in [9.17, 15) is 5.11 Å². The fourth-order valence-electron chi connectivity index (χ4n) is 9.20. The number of hydrogen-bond acceptors (Lipinski definition) is 2. The van der Waals surface area contributed by atoms with Crippen LogP contribution in [-0.2, 0) is 4.74 Å². The van der Waals surface area contributed by atoms with Crippen LogP contribution in [0.4, 0.5) is 0 Å². The van der Waals surface area contributed by atoms with Gasteiger partial charge in [0.05, 0.1) is 6.10 Å². The summed E-state index contributed by atoms with van der Waals surface area (Å²) in [5.74, 6) is 6.67. The van der Waals surface area contributed by atoms with Crippen LogP contribution in [0, 0.1) is 52.8 Å². The SMILES string of the molecule is C#C[C@]1(O)CC[C@H]2[C@@H]3CC[C@@H]4CC([C@H](CCCCCC)OC)CC[C@]4(C)[C@H]3CC[C@@]21C. The lowest BCUT2D eigenvalue weighted by Gasteiger charge is -2.61.